The fourth-order valence-corrected chi connectivity index (χ4v) is 4.17. The van der Waals surface area contributed by atoms with E-state index < -0.39 is 0 Å². The predicted molar refractivity (Wildman–Crippen MR) is 101 cm³/mol. The number of thiazole rings is 1. The minimum atomic E-state index is -0.0519. The Balaban J connectivity index is 1.69. The third kappa shape index (κ3) is 3.53. The lowest BCUT2D eigenvalue weighted by atomic mass is 10.2. The van der Waals surface area contributed by atoms with E-state index in [9.17, 15) is 4.79 Å². The van der Waals surface area contributed by atoms with Crippen molar-refractivity contribution in [3.63, 3.8) is 0 Å². The second-order valence-corrected chi connectivity index (χ2v) is 7.95. The summed E-state index contributed by atoms with van der Waals surface area (Å²) in [6.45, 7) is 7.46. The van der Waals surface area contributed by atoms with Crippen LogP contribution >= 0.6 is 27.3 Å². The number of amides is 1. The van der Waals surface area contributed by atoms with E-state index in [2.05, 4.69) is 46.0 Å². The molecule has 0 spiro atoms. The van der Waals surface area contributed by atoms with Crippen LogP contribution in [0.5, 0.6) is 0 Å². The molecule has 1 aliphatic rings. The van der Waals surface area contributed by atoms with Crippen LogP contribution < -0.4 is 4.90 Å². The highest BCUT2D eigenvalue weighted by atomic mass is 79.9. The number of carbonyl (C=O) groups is 1. The molecule has 2 aromatic rings. The molecule has 0 bridgehead atoms. The first-order valence-corrected chi connectivity index (χ1v) is 9.92. The van der Waals surface area contributed by atoms with Gasteiger partial charge in [-0.1, -0.05) is 47.2 Å². The normalized spacial score (nSPS) is 16.8. The van der Waals surface area contributed by atoms with Crippen LogP contribution in [0.25, 0.3) is 10.2 Å². The third-order valence-corrected chi connectivity index (χ3v) is 6.46. The summed E-state index contributed by atoms with van der Waals surface area (Å²) in [5.74, 6) is 0.212. The number of anilines is 1. The predicted octanol–water partition coefficient (Wildman–Crippen LogP) is 3.68. The van der Waals surface area contributed by atoms with Gasteiger partial charge in [-0.05, 0) is 30.5 Å². The Kier molecular flexibility index (Phi) is 5.21. The molecule has 1 amide bonds. The highest BCUT2D eigenvalue weighted by Crippen LogP contribution is 2.30. The number of piperazine rings is 1. The van der Waals surface area contributed by atoms with Crippen LogP contribution in [0.2, 0.25) is 0 Å². The Bertz CT molecular complexity index is 694. The van der Waals surface area contributed by atoms with E-state index in [-0.39, 0.29) is 10.7 Å². The average Bonchev–Trinajstić information content (AvgIpc) is 3.03. The molecule has 124 valence electrons. The summed E-state index contributed by atoms with van der Waals surface area (Å²) in [6, 6.07) is 6.51. The minimum Gasteiger partial charge on any atom is -0.345 e. The van der Waals surface area contributed by atoms with Gasteiger partial charge in [0.15, 0.2) is 5.13 Å². The number of aromatic nitrogens is 1. The Morgan fingerprint density at radius 2 is 2.04 bits per heavy atom. The fourth-order valence-electron chi connectivity index (χ4n) is 2.80. The number of hydrogen-bond acceptors (Lipinski definition) is 4. The summed E-state index contributed by atoms with van der Waals surface area (Å²) in [6.07, 6.45) is 1.88. The molecule has 1 atom stereocenters. The van der Waals surface area contributed by atoms with Gasteiger partial charge in [0.2, 0.25) is 5.91 Å². The molecule has 0 N–H and O–H groups in total. The molecule has 0 saturated carbocycles. The van der Waals surface area contributed by atoms with Gasteiger partial charge in [0.1, 0.15) is 0 Å². The monoisotopic (exact) mass is 395 g/mol. The second-order valence-electron chi connectivity index (χ2n) is 5.84. The van der Waals surface area contributed by atoms with Crippen LogP contribution in [0, 0.1) is 0 Å². The van der Waals surface area contributed by atoms with E-state index in [1.807, 2.05) is 11.8 Å². The van der Waals surface area contributed by atoms with Gasteiger partial charge in [-0.2, -0.15) is 0 Å². The van der Waals surface area contributed by atoms with Crippen molar-refractivity contribution in [3.05, 3.63) is 23.8 Å². The first-order chi connectivity index (χ1) is 11.1. The number of fused-ring (bicyclic) bond motifs is 1. The Labute approximate surface area is 149 Å². The molecular weight excluding hydrogens is 374 g/mol. The molecule has 3 rings (SSSR count). The molecule has 1 fully saturated rings. The summed E-state index contributed by atoms with van der Waals surface area (Å²) in [4.78, 5) is 21.2. The van der Waals surface area contributed by atoms with Gasteiger partial charge < -0.3 is 9.80 Å². The molecule has 1 aliphatic heterocycles. The van der Waals surface area contributed by atoms with E-state index in [0.717, 1.165) is 49.7 Å². The highest BCUT2D eigenvalue weighted by molar-refractivity contribution is 9.10. The summed E-state index contributed by atoms with van der Waals surface area (Å²) in [5, 5.41) is 1.08. The first kappa shape index (κ1) is 16.7. The lowest BCUT2D eigenvalue weighted by molar-refractivity contribution is -0.130. The van der Waals surface area contributed by atoms with Crippen molar-refractivity contribution < 1.29 is 4.79 Å². The number of aryl methyl sites for hydroxylation is 1. The molecule has 6 heteroatoms. The number of rotatable bonds is 4. The summed E-state index contributed by atoms with van der Waals surface area (Å²) >= 11 is 5.22. The van der Waals surface area contributed by atoms with E-state index >= 15 is 0 Å². The molecule has 1 unspecified atom stereocenters. The van der Waals surface area contributed by atoms with Crippen molar-refractivity contribution in [2.24, 2.45) is 0 Å². The number of alkyl halides is 1. The first-order valence-electron chi connectivity index (χ1n) is 8.19. The smallest absolute Gasteiger partial charge is 0.236 e. The van der Waals surface area contributed by atoms with Crippen molar-refractivity contribution in [3.8, 4) is 0 Å². The van der Waals surface area contributed by atoms with Crippen molar-refractivity contribution in [1.82, 2.24) is 9.88 Å². The number of nitrogens with zero attached hydrogens (tertiary/aromatic N) is 3. The lowest BCUT2D eigenvalue weighted by Gasteiger charge is -2.35. The van der Waals surface area contributed by atoms with Crippen molar-refractivity contribution in [2.45, 2.75) is 31.5 Å². The minimum absolute atomic E-state index is 0.0519. The van der Waals surface area contributed by atoms with E-state index in [1.165, 1.54) is 10.3 Å². The molecule has 1 saturated heterocycles. The largest absolute Gasteiger partial charge is 0.345 e. The van der Waals surface area contributed by atoms with Gasteiger partial charge in [0.25, 0.3) is 0 Å². The van der Waals surface area contributed by atoms with Crippen LogP contribution in [0.3, 0.4) is 0 Å². The molecule has 1 aromatic heterocycles. The summed E-state index contributed by atoms with van der Waals surface area (Å²) < 4.78 is 1.25. The van der Waals surface area contributed by atoms with Crippen LogP contribution in [0.4, 0.5) is 5.13 Å². The quantitative estimate of drug-likeness (QED) is 0.740. The van der Waals surface area contributed by atoms with Crippen LogP contribution in [-0.4, -0.2) is 46.8 Å². The maximum atomic E-state index is 12.2. The zero-order chi connectivity index (χ0) is 16.4. The van der Waals surface area contributed by atoms with Gasteiger partial charge in [-0.3, -0.25) is 4.79 Å². The highest BCUT2D eigenvalue weighted by Gasteiger charge is 2.26. The molecule has 2 heterocycles. The third-order valence-electron chi connectivity index (χ3n) is 4.34. The molecule has 0 radical (unpaired) electrons. The number of halogens is 1. The van der Waals surface area contributed by atoms with Crippen LogP contribution in [-0.2, 0) is 11.2 Å². The van der Waals surface area contributed by atoms with E-state index in [0.29, 0.717) is 0 Å². The van der Waals surface area contributed by atoms with Crippen molar-refractivity contribution >= 4 is 48.5 Å². The number of hydrogen-bond donors (Lipinski definition) is 0. The van der Waals surface area contributed by atoms with E-state index in [4.69, 9.17) is 4.98 Å². The Morgan fingerprint density at radius 1 is 1.30 bits per heavy atom. The zero-order valence-corrected chi connectivity index (χ0v) is 16.0. The lowest BCUT2D eigenvalue weighted by Crippen LogP contribution is -2.50. The van der Waals surface area contributed by atoms with Gasteiger partial charge >= 0.3 is 0 Å². The van der Waals surface area contributed by atoms with Crippen LogP contribution in [0.15, 0.2) is 18.2 Å². The van der Waals surface area contributed by atoms with Crippen LogP contribution in [0.1, 0.15) is 25.8 Å². The Morgan fingerprint density at radius 3 is 2.70 bits per heavy atom. The molecule has 4 nitrogen and oxygen atoms in total. The van der Waals surface area contributed by atoms with Gasteiger partial charge in [0.05, 0.1) is 15.0 Å². The summed E-state index contributed by atoms with van der Waals surface area (Å²) in [5.41, 5.74) is 2.43. The maximum absolute atomic E-state index is 12.2. The number of benzene rings is 1. The second kappa shape index (κ2) is 7.18. The average molecular weight is 396 g/mol. The van der Waals surface area contributed by atoms with E-state index in [1.54, 1.807) is 11.3 Å². The zero-order valence-electron chi connectivity index (χ0n) is 13.6. The molecule has 0 aliphatic carbocycles. The standard InChI is InChI=1S/C17H22BrN3OS/c1-3-12-5-6-14-15(11-12)23-17(19-14)21-9-7-20(8-10-21)16(22)13(18)4-2/h5-6,11,13H,3-4,7-10H2,1-2H3. The van der Waals surface area contributed by atoms with Gasteiger partial charge in [0, 0.05) is 26.2 Å². The van der Waals surface area contributed by atoms with Crippen molar-refractivity contribution in [2.75, 3.05) is 31.1 Å². The van der Waals surface area contributed by atoms with Gasteiger partial charge in [-0.25, -0.2) is 4.98 Å². The molecule has 23 heavy (non-hydrogen) atoms. The number of carbonyl (C=O) groups excluding carboxylic acids is 1. The maximum Gasteiger partial charge on any atom is 0.236 e. The van der Waals surface area contributed by atoms with Gasteiger partial charge in [-0.15, -0.1) is 0 Å². The summed E-state index contributed by atoms with van der Waals surface area (Å²) in [7, 11) is 0. The SMILES string of the molecule is CCc1ccc2nc(N3CCN(C(=O)C(Br)CC)CC3)sc2c1. The molecule has 1 aromatic carbocycles. The van der Waals surface area contributed by atoms with Crippen molar-refractivity contribution in [1.29, 1.82) is 0 Å². The Hall–Kier alpha value is -1.14. The molecular formula is C17H22BrN3OS. The topological polar surface area (TPSA) is 36.4 Å². The fraction of sp³-hybridized carbons (Fsp3) is 0.529.